The number of nitrogens with two attached hydrogens (primary N) is 1. The third kappa shape index (κ3) is 1.55. The van der Waals surface area contributed by atoms with E-state index < -0.39 is 0 Å². The van der Waals surface area contributed by atoms with Gasteiger partial charge in [-0.15, -0.1) is 10.2 Å². The van der Waals surface area contributed by atoms with Crippen LogP contribution in [0.1, 0.15) is 5.89 Å². The largest absolute Gasteiger partial charge is 0.419 e. The molecule has 0 fully saturated rings. The van der Waals surface area contributed by atoms with E-state index in [1.54, 1.807) is 6.07 Å². The Labute approximate surface area is 78.8 Å². The van der Waals surface area contributed by atoms with Crippen molar-refractivity contribution in [3.63, 3.8) is 0 Å². The molecule has 0 saturated carbocycles. The molecule has 2 rings (SSSR count). The first kappa shape index (κ1) is 8.64. The smallest absolute Gasteiger partial charge is 0.249 e. The van der Waals surface area contributed by atoms with Crippen LogP contribution in [0.5, 0.6) is 0 Å². The zero-order valence-corrected chi connectivity index (χ0v) is 7.23. The first-order chi connectivity index (χ1) is 6.79. The van der Waals surface area contributed by atoms with Crippen LogP contribution in [0.2, 0.25) is 0 Å². The maximum Gasteiger partial charge on any atom is 0.249 e. The molecule has 0 atom stereocenters. The summed E-state index contributed by atoms with van der Waals surface area (Å²) < 4.78 is 5.19. The number of nitrogens with zero attached hydrogens (tertiary/aromatic N) is 2. The van der Waals surface area contributed by atoms with Crippen LogP contribution in [0, 0.1) is 0 Å². The maximum absolute atomic E-state index is 10.8. The Morgan fingerprint density at radius 1 is 1.43 bits per heavy atom. The van der Waals surface area contributed by atoms with Crippen molar-refractivity contribution in [2.24, 2.45) is 5.73 Å². The van der Waals surface area contributed by atoms with Crippen LogP contribution in [0.3, 0.4) is 0 Å². The quantitative estimate of drug-likeness (QED) is 0.691. The maximum atomic E-state index is 10.8. The zero-order chi connectivity index (χ0) is 9.97. The second-order valence-electron chi connectivity index (χ2n) is 2.65. The number of rotatable bonds is 2. The Hall–Kier alpha value is -1.95. The third-order valence-electron chi connectivity index (χ3n) is 1.67. The van der Waals surface area contributed by atoms with Gasteiger partial charge in [0, 0.05) is 12.3 Å². The Morgan fingerprint density at radius 2 is 2.29 bits per heavy atom. The van der Waals surface area contributed by atoms with Crippen LogP contribution >= 0.6 is 0 Å². The molecule has 6 heteroatoms. The predicted octanol–water partition coefficient (Wildman–Crippen LogP) is -0.116. The Kier molecular flexibility index (Phi) is 2.11. The van der Waals surface area contributed by atoms with Gasteiger partial charge in [0.1, 0.15) is 0 Å². The summed E-state index contributed by atoms with van der Waals surface area (Å²) >= 11 is 0. The predicted molar refractivity (Wildman–Crippen MR) is 48.2 cm³/mol. The van der Waals surface area contributed by atoms with Gasteiger partial charge in [-0.3, -0.25) is 4.79 Å². The molecule has 0 aromatic carbocycles. The van der Waals surface area contributed by atoms with Crippen molar-refractivity contribution in [2.75, 3.05) is 0 Å². The van der Waals surface area contributed by atoms with E-state index >= 15 is 0 Å². The molecule has 0 spiro atoms. The summed E-state index contributed by atoms with van der Waals surface area (Å²) in [7, 11) is 0. The number of pyridine rings is 1. The van der Waals surface area contributed by atoms with Crippen molar-refractivity contribution in [3.05, 3.63) is 34.6 Å². The highest BCUT2D eigenvalue weighted by Gasteiger charge is 2.06. The lowest BCUT2D eigenvalue weighted by Gasteiger charge is -1.91. The highest BCUT2D eigenvalue weighted by molar-refractivity contribution is 5.49. The molecule has 0 bridgehead atoms. The molecule has 72 valence electrons. The molecule has 0 saturated heterocycles. The van der Waals surface area contributed by atoms with Gasteiger partial charge in [-0.2, -0.15) is 0 Å². The molecule has 0 aliphatic heterocycles. The summed E-state index contributed by atoms with van der Waals surface area (Å²) in [6, 6.07) is 2.99. The van der Waals surface area contributed by atoms with Crippen molar-refractivity contribution >= 4 is 0 Å². The number of hydrogen-bond acceptors (Lipinski definition) is 5. The van der Waals surface area contributed by atoms with E-state index in [1.165, 1.54) is 12.3 Å². The highest BCUT2D eigenvalue weighted by Crippen LogP contribution is 2.14. The van der Waals surface area contributed by atoms with Crippen LogP contribution < -0.4 is 11.3 Å². The van der Waals surface area contributed by atoms with Crippen molar-refractivity contribution in [1.29, 1.82) is 0 Å². The van der Waals surface area contributed by atoms with Gasteiger partial charge in [0.2, 0.25) is 17.3 Å². The fourth-order valence-electron chi connectivity index (χ4n) is 0.996. The van der Waals surface area contributed by atoms with E-state index in [2.05, 4.69) is 15.2 Å². The highest BCUT2D eigenvalue weighted by atomic mass is 16.4. The van der Waals surface area contributed by atoms with E-state index in [0.29, 0.717) is 17.3 Å². The summed E-state index contributed by atoms with van der Waals surface area (Å²) in [5, 5.41) is 7.47. The van der Waals surface area contributed by atoms with Gasteiger partial charge >= 0.3 is 0 Å². The Balaban J connectivity index is 2.39. The molecule has 0 aliphatic rings. The number of H-pyrrole nitrogens is 1. The van der Waals surface area contributed by atoms with Gasteiger partial charge in [0.15, 0.2) is 0 Å². The minimum atomic E-state index is -0.174. The van der Waals surface area contributed by atoms with Crippen LogP contribution in [-0.4, -0.2) is 15.2 Å². The molecule has 0 amide bonds. The van der Waals surface area contributed by atoms with E-state index in [9.17, 15) is 4.79 Å². The molecule has 0 unspecified atom stereocenters. The number of nitrogens with one attached hydrogen (secondary N) is 1. The Morgan fingerprint density at radius 3 is 2.86 bits per heavy atom. The zero-order valence-electron chi connectivity index (χ0n) is 7.23. The van der Waals surface area contributed by atoms with E-state index in [-0.39, 0.29) is 12.1 Å². The van der Waals surface area contributed by atoms with Crippen LogP contribution in [0.15, 0.2) is 27.5 Å². The lowest BCUT2D eigenvalue weighted by Crippen LogP contribution is -2.01. The molecule has 2 heterocycles. The van der Waals surface area contributed by atoms with Crippen molar-refractivity contribution in [2.45, 2.75) is 6.54 Å². The number of hydrogen-bond donors (Lipinski definition) is 2. The van der Waals surface area contributed by atoms with Crippen LogP contribution in [-0.2, 0) is 6.54 Å². The fraction of sp³-hybridized carbons (Fsp3) is 0.125. The van der Waals surface area contributed by atoms with Gasteiger partial charge in [-0.25, -0.2) is 0 Å². The van der Waals surface area contributed by atoms with E-state index in [1.807, 2.05) is 0 Å². The van der Waals surface area contributed by atoms with Gasteiger partial charge in [0.05, 0.1) is 12.1 Å². The molecule has 6 nitrogen and oxygen atoms in total. The van der Waals surface area contributed by atoms with Crippen LogP contribution in [0.4, 0.5) is 0 Å². The average Bonchev–Trinajstić information content (AvgIpc) is 2.67. The van der Waals surface area contributed by atoms with Crippen molar-refractivity contribution < 1.29 is 4.42 Å². The molecule has 2 aromatic rings. The van der Waals surface area contributed by atoms with Gasteiger partial charge in [-0.1, -0.05) is 0 Å². The summed E-state index contributed by atoms with van der Waals surface area (Å²) in [5.74, 6) is 0.716. The number of aromatic nitrogens is 3. The first-order valence-corrected chi connectivity index (χ1v) is 4.01. The first-order valence-electron chi connectivity index (χ1n) is 4.01. The normalized spacial score (nSPS) is 10.4. The molecule has 3 N–H and O–H groups in total. The van der Waals surface area contributed by atoms with Crippen molar-refractivity contribution in [1.82, 2.24) is 15.2 Å². The second-order valence-corrected chi connectivity index (χ2v) is 2.65. The SMILES string of the molecule is NCc1nnc(-c2ccc(=O)[nH]c2)o1. The van der Waals surface area contributed by atoms with Crippen molar-refractivity contribution in [3.8, 4) is 11.5 Å². The topological polar surface area (TPSA) is 97.8 Å². The van der Waals surface area contributed by atoms with Crippen LogP contribution in [0.25, 0.3) is 11.5 Å². The van der Waals surface area contributed by atoms with Gasteiger partial charge < -0.3 is 15.1 Å². The molecule has 0 aliphatic carbocycles. The number of aromatic amines is 1. The lowest BCUT2D eigenvalue weighted by atomic mass is 10.3. The third-order valence-corrected chi connectivity index (χ3v) is 1.67. The standard InChI is InChI=1S/C8H8N4O2/c9-3-7-11-12-8(14-7)5-1-2-6(13)10-4-5/h1-2,4H,3,9H2,(H,10,13). The van der Waals surface area contributed by atoms with Gasteiger partial charge in [0.25, 0.3) is 0 Å². The minimum Gasteiger partial charge on any atom is -0.419 e. The van der Waals surface area contributed by atoms with E-state index in [4.69, 9.17) is 10.2 Å². The summed E-state index contributed by atoms with van der Waals surface area (Å²) in [4.78, 5) is 13.3. The molecule has 14 heavy (non-hydrogen) atoms. The second kappa shape index (κ2) is 3.43. The summed E-state index contributed by atoms with van der Waals surface area (Å²) in [5.41, 5.74) is 5.80. The monoisotopic (exact) mass is 192 g/mol. The summed E-state index contributed by atoms with van der Waals surface area (Å²) in [6.45, 7) is 0.205. The fourth-order valence-corrected chi connectivity index (χ4v) is 0.996. The molecular formula is C8H8N4O2. The lowest BCUT2D eigenvalue weighted by molar-refractivity contribution is 0.508. The molecule has 0 radical (unpaired) electrons. The average molecular weight is 192 g/mol. The van der Waals surface area contributed by atoms with E-state index in [0.717, 1.165) is 0 Å². The molecular weight excluding hydrogens is 184 g/mol. The summed E-state index contributed by atoms with van der Waals surface area (Å²) in [6.07, 6.45) is 1.51. The van der Waals surface area contributed by atoms with Gasteiger partial charge in [-0.05, 0) is 6.07 Å². The minimum absolute atomic E-state index is 0.174. The Bertz CT molecular complexity index is 468. The molecule has 2 aromatic heterocycles.